The molecule has 0 fully saturated rings. The van der Waals surface area contributed by atoms with Crippen molar-refractivity contribution in [1.29, 1.82) is 0 Å². The molecule has 1 heterocycles. The molecule has 0 saturated heterocycles. The number of pyridine rings is 1. The smallest absolute Gasteiger partial charge is 0.225 e. The van der Waals surface area contributed by atoms with Gasteiger partial charge < -0.3 is 5.32 Å². The van der Waals surface area contributed by atoms with Crippen molar-refractivity contribution < 1.29 is 4.79 Å². The van der Waals surface area contributed by atoms with Gasteiger partial charge >= 0.3 is 0 Å². The predicted octanol–water partition coefficient (Wildman–Crippen LogP) is 4.29. The first kappa shape index (κ1) is 16.4. The number of carbonyl (C=O) groups excluding carboxylic acids is 1. The molecule has 1 amide bonds. The molecule has 0 aliphatic carbocycles. The van der Waals surface area contributed by atoms with Crippen molar-refractivity contribution in [3.8, 4) is 0 Å². The first-order chi connectivity index (χ1) is 11.7. The molecule has 120 valence electrons. The summed E-state index contributed by atoms with van der Waals surface area (Å²) in [5, 5.41) is 3.10. The molecular formula is C20H17BrN2O. The Labute approximate surface area is 149 Å². The van der Waals surface area contributed by atoms with Crippen LogP contribution in [-0.4, -0.2) is 10.9 Å². The maximum atomic E-state index is 12.5. The normalized spacial score (nSPS) is 11.7. The van der Waals surface area contributed by atoms with E-state index in [1.54, 1.807) is 6.20 Å². The van der Waals surface area contributed by atoms with Crippen molar-refractivity contribution in [3.63, 3.8) is 0 Å². The van der Waals surface area contributed by atoms with Gasteiger partial charge in [-0.3, -0.25) is 9.78 Å². The summed E-state index contributed by atoms with van der Waals surface area (Å²) < 4.78 is 1.00. The van der Waals surface area contributed by atoms with Crippen molar-refractivity contribution in [2.24, 2.45) is 0 Å². The highest BCUT2D eigenvalue weighted by Gasteiger charge is 2.17. The summed E-state index contributed by atoms with van der Waals surface area (Å²) >= 11 is 3.40. The third-order valence-corrected chi connectivity index (χ3v) is 4.23. The summed E-state index contributed by atoms with van der Waals surface area (Å²) in [6, 6.07) is 23.1. The van der Waals surface area contributed by atoms with Crippen molar-refractivity contribution in [3.05, 3.63) is 100 Å². The molecule has 24 heavy (non-hydrogen) atoms. The van der Waals surface area contributed by atoms with Crippen LogP contribution in [0, 0.1) is 0 Å². The molecule has 0 aliphatic rings. The second-order valence-electron chi connectivity index (χ2n) is 5.47. The van der Waals surface area contributed by atoms with Gasteiger partial charge in [-0.05, 0) is 35.4 Å². The molecular weight excluding hydrogens is 364 g/mol. The van der Waals surface area contributed by atoms with Crippen LogP contribution in [0.1, 0.15) is 22.9 Å². The molecule has 0 spiro atoms. The van der Waals surface area contributed by atoms with E-state index in [0.717, 1.165) is 21.3 Å². The van der Waals surface area contributed by atoms with Gasteiger partial charge in [0, 0.05) is 10.7 Å². The molecule has 0 saturated carbocycles. The van der Waals surface area contributed by atoms with Gasteiger partial charge in [-0.15, -0.1) is 0 Å². The van der Waals surface area contributed by atoms with Crippen LogP contribution in [0.15, 0.2) is 83.5 Å². The molecule has 0 radical (unpaired) electrons. The number of rotatable bonds is 5. The van der Waals surface area contributed by atoms with Crippen LogP contribution in [0.3, 0.4) is 0 Å². The lowest BCUT2D eigenvalue weighted by Crippen LogP contribution is -2.31. The number of benzene rings is 2. The summed E-state index contributed by atoms with van der Waals surface area (Å²) in [5.41, 5.74) is 2.82. The van der Waals surface area contributed by atoms with Gasteiger partial charge in [-0.1, -0.05) is 64.5 Å². The summed E-state index contributed by atoms with van der Waals surface area (Å²) in [6.45, 7) is 0. The molecule has 0 bridgehead atoms. The maximum Gasteiger partial charge on any atom is 0.225 e. The van der Waals surface area contributed by atoms with Gasteiger partial charge in [0.05, 0.1) is 18.2 Å². The molecule has 3 aromatic rings. The number of nitrogens with one attached hydrogen (secondary N) is 1. The zero-order valence-corrected chi connectivity index (χ0v) is 14.6. The Kier molecular flexibility index (Phi) is 5.39. The Morgan fingerprint density at radius 3 is 2.33 bits per heavy atom. The zero-order valence-electron chi connectivity index (χ0n) is 13.0. The summed E-state index contributed by atoms with van der Waals surface area (Å²) in [4.78, 5) is 16.9. The van der Waals surface area contributed by atoms with E-state index < -0.39 is 0 Å². The molecule has 3 rings (SSSR count). The molecule has 1 atom stereocenters. The average Bonchev–Trinajstić information content (AvgIpc) is 2.63. The van der Waals surface area contributed by atoms with E-state index in [1.807, 2.05) is 72.8 Å². The minimum atomic E-state index is -0.254. The molecule has 1 aromatic heterocycles. The fraction of sp³-hybridized carbons (Fsp3) is 0.100. The second kappa shape index (κ2) is 7.88. The lowest BCUT2D eigenvalue weighted by molar-refractivity contribution is -0.120. The SMILES string of the molecule is O=C(Cc1ccc(Br)cc1)NC(c1ccccc1)c1ccccn1. The lowest BCUT2D eigenvalue weighted by Gasteiger charge is -2.19. The minimum absolute atomic E-state index is 0.0307. The van der Waals surface area contributed by atoms with Gasteiger partial charge in [-0.25, -0.2) is 0 Å². The Morgan fingerprint density at radius 2 is 1.67 bits per heavy atom. The minimum Gasteiger partial charge on any atom is -0.343 e. The number of halogens is 1. The molecule has 2 aromatic carbocycles. The number of nitrogens with zero attached hydrogens (tertiary/aromatic N) is 1. The lowest BCUT2D eigenvalue weighted by atomic mass is 10.0. The van der Waals surface area contributed by atoms with Crippen LogP contribution in [0.25, 0.3) is 0 Å². The molecule has 4 heteroatoms. The largest absolute Gasteiger partial charge is 0.343 e. The van der Waals surface area contributed by atoms with Crippen molar-refractivity contribution in [1.82, 2.24) is 10.3 Å². The van der Waals surface area contributed by atoms with Gasteiger partial charge in [0.25, 0.3) is 0 Å². The average molecular weight is 381 g/mol. The number of aromatic nitrogens is 1. The Morgan fingerprint density at radius 1 is 0.958 bits per heavy atom. The van der Waals surface area contributed by atoms with Crippen molar-refractivity contribution in [2.45, 2.75) is 12.5 Å². The van der Waals surface area contributed by atoms with Gasteiger partial charge in [0.2, 0.25) is 5.91 Å². The number of amides is 1. The molecule has 0 aliphatic heterocycles. The van der Waals surface area contributed by atoms with E-state index in [4.69, 9.17) is 0 Å². The van der Waals surface area contributed by atoms with Gasteiger partial charge in [-0.2, -0.15) is 0 Å². The number of hydrogen-bond acceptors (Lipinski definition) is 2. The first-order valence-electron chi connectivity index (χ1n) is 7.72. The van der Waals surface area contributed by atoms with Crippen molar-refractivity contribution >= 4 is 21.8 Å². The summed E-state index contributed by atoms with van der Waals surface area (Å²) in [7, 11) is 0. The Bertz CT molecular complexity index is 749. The highest BCUT2D eigenvalue weighted by molar-refractivity contribution is 9.10. The van der Waals surface area contributed by atoms with Gasteiger partial charge in [0.1, 0.15) is 0 Å². The fourth-order valence-electron chi connectivity index (χ4n) is 2.52. The highest BCUT2D eigenvalue weighted by Crippen LogP contribution is 2.20. The monoisotopic (exact) mass is 380 g/mol. The van der Waals surface area contributed by atoms with Crippen LogP contribution >= 0.6 is 15.9 Å². The zero-order chi connectivity index (χ0) is 16.8. The van der Waals surface area contributed by atoms with E-state index >= 15 is 0 Å². The second-order valence-corrected chi connectivity index (χ2v) is 6.38. The van der Waals surface area contributed by atoms with E-state index in [-0.39, 0.29) is 11.9 Å². The van der Waals surface area contributed by atoms with Crippen molar-refractivity contribution in [2.75, 3.05) is 0 Å². The Balaban J connectivity index is 1.79. The highest BCUT2D eigenvalue weighted by atomic mass is 79.9. The Hall–Kier alpha value is -2.46. The standard InChI is InChI=1S/C20H17BrN2O/c21-17-11-9-15(10-12-17)14-19(24)23-20(16-6-2-1-3-7-16)18-8-4-5-13-22-18/h1-13,20H,14H2,(H,23,24). The maximum absolute atomic E-state index is 12.5. The number of carbonyl (C=O) groups is 1. The first-order valence-corrected chi connectivity index (χ1v) is 8.51. The quantitative estimate of drug-likeness (QED) is 0.716. The fourth-order valence-corrected chi connectivity index (χ4v) is 2.78. The van der Waals surface area contributed by atoms with E-state index in [9.17, 15) is 4.79 Å². The molecule has 3 nitrogen and oxygen atoms in total. The molecule has 1 N–H and O–H groups in total. The number of hydrogen-bond donors (Lipinski definition) is 1. The van der Waals surface area contributed by atoms with Crippen LogP contribution < -0.4 is 5.32 Å². The van der Waals surface area contributed by atoms with E-state index in [0.29, 0.717) is 6.42 Å². The molecule has 1 unspecified atom stereocenters. The van der Waals surface area contributed by atoms with E-state index in [1.165, 1.54) is 0 Å². The topological polar surface area (TPSA) is 42.0 Å². The van der Waals surface area contributed by atoms with Crippen LogP contribution in [-0.2, 0) is 11.2 Å². The third kappa shape index (κ3) is 4.30. The van der Waals surface area contributed by atoms with Crippen LogP contribution in [0.2, 0.25) is 0 Å². The predicted molar refractivity (Wildman–Crippen MR) is 98.5 cm³/mol. The van der Waals surface area contributed by atoms with Crippen LogP contribution in [0.4, 0.5) is 0 Å². The van der Waals surface area contributed by atoms with Crippen LogP contribution in [0.5, 0.6) is 0 Å². The van der Waals surface area contributed by atoms with E-state index in [2.05, 4.69) is 26.2 Å². The summed E-state index contributed by atoms with van der Waals surface area (Å²) in [5.74, 6) is -0.0307. The third-order valence-electron chi connectivity index (χ3n) is 3.70. The van der Waals surface area contributed by atoms with Gasteiger partial charge in [0.15, 0.2) is 0 Å². The summed E-state index contributed by atoms with van der Waals surface area (Å²) in [6.07, 6.45) is 2.08.